The lowest BCUT2D eigenvalue weighted by molar-refractivity contribution is 0.344. The minimum absolute atomic E-state index is 0.386. The minimum Gasteiger partial charge on any atom is -0.323 e. The Kier molecular flexibility index (Phi) is 7.37. The number of fused-ring (bicyclic) bond motifs is 1. The first-order valence-corrected chi connectivity index (χ1v) is 14.4. The molecule has 2 N–H and O–H groups in total. The molecule has 1 unspecified atom stereocenters. The fourth-order valence-electron chi connectivity index (χ4n) is 5.19. The lowest BCUT2D eigenvalue weighted by atomic mass is 9.94. The molecule has 0 radical (unpaired) electrons. The van der Waals surface area contributed by atoms with E-state index in [1.54, 1.807) is 12.2 Å². The highest BCUT2D eigenvalue weighted by atomic mass is 32.2. The normalized spacial score (nSPS) is 18.4. The summed E-state index contributed by atoms with van der Waals surface area (Å²) >= 11 is 0. The summed E-state index contributed by atoms with van der Waals surface area (Å²) in [5.74, 6) is 0.386. The standard InChI is InChI=1S/C28H34N6O2S/c1-19-7-6-8-20(2)26(19)22-17-21(3)27-25(18-22)32-33-28(31-27)30-23-9-11-24(12-10-23)37(35,36)29-13-16-34-14-4-5-15-34/h6-11,17-18,24,29H,4-5,12-16H2,1-3H3,(H,30,31,33). The molecule has 5 rings (SSSR count). The monoisotopic (exact) mass is 518 g/mol. The molecule has 2 aliphatic rings. The molecular formula is C28H34N6O2S. The summed E-state index contributed by atoms with van der Waals surface area (Å²) in [7, 11) is -3.42. The van der Waals surface area contributed by atoms with Crippen molar-refractivity contribution < 1.29 is 8.42 Å². The third kappa shape index (κ3) is 5.74. The van der Waals surface area contributed by atoms with Crippen LogP contribution in [0.5, 0.6) is 0 Å². The highest BCUT2D eigenvalue weighted by molar-refractivity contribution is 7.90. The average molecular weight is 519 g/mol. The van der Waals surface area contributed by atoms with Gasteiger partial charge in [0.25, 0.3) is 0 Å². The van der Waals surface area contributed by atoms with Gasteiger partial charge in [-0.1, -0.05) is 30.4 Å². The summed E-state index contributed by atoms with van der Waals surface area (Å²) in [4.78, 5) is 7.00. The number of anilines is 1. The molecule has 37 heavy (non-hydrogen) atoms. The number of aromatic nitrogens is 3. The molecule has 1 fully saturated rings. The summed E-state index contributed by atoms with van der Waals surface area (Å²) in [5.41, 5.74) is 8.06. The zero-order valence-electron chi connectivity index (χ0n) is 21.7. The largest absolute Gasteiger partial charge is 0.323 e. The van der Waals surface area contributed by atoms with Crippen LogP contribution in [0.25, 0.3) is 22.2 Å². The van der Waals surface area contributed by atoms with Gasteiger partial charge >= 0.3 is 0 Å². The number of hydrogen-bond donors (Lipinski definition) is 2. The van der Waals surface area contributed by atoms with E-state index in [4.69, 9.17) is 4.98 Å². The fraction of sp³-hybridized carbons (Fsp3) is 0.393. The molecule has 0 amide bonds. The summed E-state index contributed by atoms with van der Waals surface area (Å²) in [6, 6.07) is 10.5. The van der Waals surface area contributed by atoms with E-state index < -0.39 is 15.3 Å². The topological polar surface area (TPSA) is 100 Å². The Labute approximate surface area is 219 Å². The van der Waals surface area contributed by atoms with Crippen molar-refractivity contribution in [1.29, 1.82) is 0 Å². The van der Waals surface area contributed by atoms with Gasteiger partial charge in [-0.3, -0.25) is 0 Å². The van der Waals surface area contributed by atoms with Crippen LogP contribution in [-0.4, -0.2) is 59.9 Å². The van der Waals surface area contributed by atoms with Gasteiger partial charge in [-0.2, -0.15) is 0 Å². The molecule has 1 atom stereocenters. The predicted octanol–water partition coefficient (Wildman–Crippen LogP) is 4.26. The zero-order chi connectivity index (χ0) is 26.0. The quantitative estimate of drug-likeness (QED) is 0.460. The fourth-order valence-corrected chi connectivity index (χ4v) is 6.42. The highest BCUT2D eigenvalue weighted by Gasteiger charge is 2.24. The molecule has 0 saturated carbocycles. The molecule has 8 nitrogen and oxygen atoms in total. The molecule has 0 spiro atoms. The second kappa shape index (κ2) is 10.7. The van der Waals surface area contributed by atoms with Crippen LogP contribution < -0.4 is 10.0 Å². The second-order valence-corrected chi connectivity index (χ2v) is 12.0. The third-order valence-electron chi connectivity index (χ3n) is 7.17. The Morgan fingerprint density at radius 1 is 1.03 bits per heavy atom. The van der Waals surface area contributed by atoms with Crippen molar-refractivity contribution in [1.82, 2.24) is 24.8 Å². The van der Waals surface area contributed by atoms with Crippen molar-refractivity contribution in [3.63, 3.8) is 0 Å². The van der Waals surface area contributed by atoms with Crippen molar-refractivity contribution >= 4 is 27.0 Å². The van der Waals surface area contributed by atoms with Crippen LogP contribution >= 0.6 is 0 Å². The van der Waals surface area contributed by atoms with Crippen LogP contribution in [0.3, 0.4) is 0 Å². The van der Waals surface area contributed by atoms with Crippen molar-refractivity contribution in [2.24, 2.45) is 0 Å². The molecular weight excluding hydrogens is 484 g/mol. The maximum Gasteiger partial charge on any atom is 0.247 e. The van der Waals surface area contributed by atoms with E-state index in [0.29, 0.717) is 18.9 Å². The maximum absolute atomic E-state index is 12.7. The lowest BCUT2D eigenvalue weighted by Gasteiger charge is -2.19. The Bertz CT molecular complexity index is 1460. The summed E-state index contributed by atoms with van der Waals surface area (Å²) in [6.07, 6.45) is 8.15. The molecule has 194 valence electrons. The molecule has 1 aliphatic heterocycles. The van der Waals surface area contributed by atoms with Gasteiger partial charge in [0, 0.05) is 18.8 Å². The number of likely N-dealkylation sites (tertiary alicyclic amines) is 1. The number of aryl methyl sites for hydroxylation is 3. The minimum atomic E-state index is -3.42. The molecule has 2 aromatic carbocycles. The second-order valence-electron chi connectivity index (χ2n) is 9.97. The van der Waals surface area contributed by atoms with E-state index in [1.165, 1.54) is 29.5 Å². The Morgan fingerprint density at radius 2 is 1.78 bits per heavy atom. The Balaban J connectivity index is 1.25. The SMILES string of the molecule is Cc1cccc(C)c1-c1cc(C)c2nc(NC3=CCC(S(=O)(=O)NCCN4CCCC4)C=C3)nnc2c1. The maximum atomic E-state index is 12.7. The van der Waals surface area contributed by atoms with Crippen molar-refractivity contribution in [2.75, 3.05) is 31.5 Å². The summed E-state index contributed by atoms with van der Waals surface area (Å²) in [6.45, 7) is 9.58. The summed E-state index contributed by atoms with van der Waals surface area (Å²) < 4.78 is 28.2. The average Bonchev–Trinajstić information content (AvgIpc) is 3.38. The van der Waals surface area contributed by atoms with Crippen LogP contribution in [0.1, 0.15) is 36.0 Å². The number of rotatable bonds is 8. The number of sulfonamides is 1. The van der Waals surface area contributed by atoms with Gasteiger partial charge in [0.1, 0.15) is 5.52 Å². The van der Waals surface area contributed by atoms with Gasteiger partial charge in [-0.15, -0.1) is 10.2 Å². The molecule has 3 aromatic rings. The molecule has 1 saturated heterocycles. The van der Waals surface area contributed by atoms with Crippen LogP contribution in [-0.2, 0) is 10.0 Å². The van der Waals surface area contributed by atoms with E-state index in [-0.39, 0.29) is 0 Å². The van der Waals surface area contributed by atoms with Crippen molar-refractivity contribution in [2.45, 2.75) is 45.3 Å². The number of nitrogens with one attached hydrogen (secondary N) is 2. The Hall–Kier alpha value is -3.14. The smallest absolute Gasteiger partial charge is 0.247 e. The predicted molar refractivity (Wildman–Crippen MR) is 149 cm³/mol. The number of hydrogen-bond acceptors (Lipinski definition) is 7. The molecule has 0 bridgehead atoms. The number of benzene rings is 2. The third-order valence-corrected chi connectivity index (χ3v) is 8.92. The molecule has 9 heteroatoms. The molecule has 1 aliphatic carbocycles. The first-order chi connectivity index (χ1) is 17.8. The van der Waals surface area contributed by atoms with E-state index in [1.807, 2.05) is 19.1 Å². The van der Waals surface area contributed by atoms with Gasteiger partial charge in [0.2, 0.25) is 16.0 Å². The first-order valence-electron chi connectivity index (χ1n) is 12.9. The van der Waals surface area contributed by atoms with Gasteiger partial charge < -0.3 is 10.2 Å². The highest BCUT2D eigenvalue weighted by Crippen LogP contribution is 2.31. The van der Waals surface area contributed by atoms with E-state index in [2.05, 4.69) is 63.2 Å². The van der Waals surface area contributed by atoms with Crippen molar-refractivity contribution in [3.8, 4) is 11.1 Å². The first kappa shape index (κ1) is 25.5. The van der Waals surface area contributed by atoms with E-state index in [9.17, 15) is 8.42 Å². The van der Waals surface area contributed by atoms with E-state index >= 15 is 0 Å². The van der Waals surface area contributed by atoms with Gasteiger partial charge in [0.15, 0.2) is 0 Å². The van der Waals surface area contributed by atoms with Gasteiger partial charge in [-0.25, -0.2) is 18.1 Å². The lowest BCUT2D eigenvalue weighted by Crippen LogP contribution is -2.38. The number of allylic oxidation sites excluding steroid dienone is 2. The van der Waals surface area contributed by atoms with Crippen molar-refractivity contribution in [3.05, 3.63) is 70.9 Å². The van der Waals surface area contributed by atoms with Crippen LogP contribution in [0.2, 0.25) is 0 Å². The van der Waals surface area contributed by atoms with Gasteiger partial charge in [-0.05, 0) is 99.1 Å². The zero-order valence-corrected chi connectivity index (χ0v) is 22.5. The molecule has 2 heterocycles. The van der Waals surface area contributed by atoms with Crippen LogP contribution in [0.4, 0.5) is 5.95 Å². The van der Waals surface area contributed by atoms with Crippen LogP contribution in [0, 0.1) is 20.8 Å². The Morgan fingerprint density at radius 3 is 2.49 bits per heavy atom. The van der Waals surface area contributed by atoms with E-state index in [0.717, 1.165) is 47.5 Å². The molecule has 1 aromatic heterocycles. The van der Waals surface area contributed by atoms with Crippen LogP contribution in [0.15, 0.2) is 54.3 Å². The summed E-state index contributed by atoms with van der Waals surface area (Å²) in [5, 5.41) is 11.3. The van der Waals surface area contributed by atoms with Gasteiger partial charge in [0.05, 0.1) is 10.8 Å². The number of nitrogens with zero attached hydrogens (tertiary/aromatic N) is 4.